The fourth-order valence-corrected chi connectivity index (χ4v) is 2.15. The number of amides is 1. The lowest BCUT2D eigenvalue weighted by Gasteiger charge is -1.95. The van der Waals surface area contributed by atoms with E-state index in [1.54, 1.807) is 18.2 Å². The maximum Gasteiger partial charge on any atom is 0.246 e. The molecule has 1 amide bonds. The van der Waals surface area contributed by atoms with Crippen molar-refractivity contribution in [2.75, 3.05) is 0 Å². The standard InChI is InChI=1S/C16H14N4O4/c21-14(6-5-11-2-1-7-22-11)17-9-15-18-16(20-24-15)12-8-13(23-19-12)10-3-4-10/h1-2,5-8,10H,3-4,9H2,(H,17,21). The number of rotatable bonds is 6. The summed E-state index contributed by atoms with van der Waals surface area (Å²) in [6, 6.07) is 5.33. The molecule has 0 aliphatic heterocycles. The van der Waals surface area contributed by atoms with Crippen LogP contribution < -0.4 is 5.32 Å². The molecule has 0 spiro atoms. The maximum absolute atomic E-state index is 11.7. The molecule has 4 rings (SSSR count). The molecule has 3 aromatic rings. The van der Waals surface area contributed by atoms with Crippen LogP contribution >= 0.6 is 0 Å². The number of carbonyl (C=O) groups excluding carboxylic acids is 1. The van der Waals surface area contributed by atoms with Crippen LogP contribution in [0.1, 0.15) is 36.2 Å². The summed E-state index contributed by atoms with van der Waals surface area (Å²) in [6.45, 7) is 0.127. The second kappa shape index (κ2) is 6.15. The summed E-state index contributed by atoms with van der Waals surface area (Å²) in [6.07, 6.45) is 6.74. The molecule has 1 fully saturated rings. The lowest BCUT2D eigenvalue weighted by Crippen LogP contribution is -2.20. The molecule has 1 aliphatic carbocycles. The first-order chi connectivity index (χ1) is 11.8. The highest BCUT2D eigenvalue weighted by atomic mass is 16.5. The third kappa shape index (κ3) is 3.27. The first kappa shape index (κ1) is 14.4. The van der Waals surface area contributed by atoms with Gasteiger partial charge in [-0.2, -0.15) is 4.98 Å². The summed E-state index contributed by atoms with van der Waals surface area (Å²) in [5.41, 5.74) is 0.538. The normalized spacial score (nSPS) is 14.3. The highest BCUT2D eigenvalue weighted by molar-refractivity contribution is 5.91. The van der Waals surface area contributed by atoms with Crippen molar-refractivity contribution in [1.82, 2.24) is 20.6 Å². The average Bonchev–Trinajstić information content (AvgIpc) is 3.03. The van der Waals surface area contributed by atoms with Crippen molar-refractivity contribution in [1.29, 1.82) is 0 Å². The first-order valence-corrected chi connectivity index (χ1v) is 7.57. The van der Waals surface area contributed by atoms with Crippen molar-refractivity contribution < 1.29 is 18.3 Å². The van der Waals surface area contributed by atoms with Crippen LogP contribution in [0.25, 0.3) is 17.6 Å². The Morgan fingerprint density at radius 2 is 2.25 bits per heavy atom. The van der Waals surface area contributed by atoms with Crippen molar-refractivity contribution in [3.8, 4) is 11.5 Å². The highest BCUT2D eigenvalue weighted by Crippen LogP contribution is 2.40. The fraction of sp³-hybridized carbons (Fsp3) is 0.250. The Labute approximate surface area is 136 Å². The summed E-state index contributed by atoms with van der Waals surface area (Å²) in [5.74, 6) is 2.28. The van der Waals surface area contributed by atoms with Crippen molar-refractivity contribution >= 4 is 12.0 Å². The molecule has 0 radical (unpaired) electrons. The number of carbonyl (C=O) groups is 1. The molecule has 8 nitrogen and oxygen atoms in total. The molecule has 1 N–H and O–H groups in total. The van der Waals surface area contributed by atoms with Crippen LogP contribution in [0, 0.1) is 0 Å². The van der Waals surface area contributed by atoms with E-state index in [0.29, 0.717) is 29.1 Å². The quantitative estimate of drug-likeness (QED) is 0.693. The Bertz CT molecular complexity index is 858. The van der Waals surface area contributed by atoms with Gasteiger partial charge in [0.15, 0.2) is 5.69 Å². The van der Waals surface area contributed by atoms with Crippen LogP contribution in [0.2, 0.25) is 0 Å². The van der Waals surface area contributed by atoms with Crippen LogP contribution in [0.3, 0.4) is 0 Å². The molecule has 0 atom stereocenters. The zero-order valence-electron chi connectivity index (χ0n) is 12.6. The summed E-state index contributed by atoms with van der Waals surface area (Å²) in [4.78, 5) is 15.9. The molecule has 1 saturated carbocycles. The largest absolute Gasteiger partial charge is 0.465 e. The Hall–Kier alpha value is -3.16. The number of hydrogen-bond donors (Lipinski definition) is 1. The third-order valence-corrected chi connectivity index (χ3v) is 3.56. The number of nitrogens with zero attached hydrogens (tertiary/aromatic N) is 3. The van der Waals surface area contributed by atoms with Crippen LogP contribution in [-0.4, -0.2) is 21.2 Å². The van der Waals surface area contributed by atoms with Gasteiger partial charge in [-0.3, -0.25) is 4.79 Å². The molecular weight excluding hydrogens is 312 g/mol. The topological polar surface area (TPSA) is 107 Å². The van der Waals surface area contributed by atoms with Gasteiger partial charge in [-0.15, -0.1) is 0 Å². The van der Waals surface area contributed by atoms with Gasteiger partial charge in [-0.1, -0.05) is 10.3 Å². The zero-order chi connectivity index (χ0) is 16.4. The number of hydrogen-bond acceptors (Lipinski definition) is 7. The Morgan fingerprint density at radius 1 is 1.33 bits per heavy atom. The van der Waals surface area contributed by atoms with Gasteiger partial charge in [-0.05, 0) is 31.1 Å². The Morgan fingerprint density at radius 3 is 3.04 bits per heavy atom. The SMILES string of the molecule is O=C(C=Cc1ccco1)NCc1nc(-c2cc(C3CC3)on2)no1. The molecule has 0 unspecified atom stereocenters. The molecular formula is C16H14N4O4. The maximum atomic E-state index is 11.7. The van der Waals surface area contributed by atoms with E-state index < -0.39 is 0 Å². The van der Waals surface area contributed by atoms with Gasteiger partial charge in [0, 0.05) is 18.1 Å². The summed E-state index contributed by atoms with van der Waals surface area (Å²) in [5, 5.41) is 10.4. The second-order valence-electron chi connectivity index (χ2n) is 5.47. The molecule has 0 saturated heterocycles. The molecule has 0 bridgehead atoms. The van der Waals surface area contributed by atoms with Crippen LogP contribution in [0.4, 0.5) is 0 Å². The molecule has 3 aromatic heterocycles. The van der Waals surface area contributed by atoms with Gasteiger partial charge < -0.3 is 18.8 Å². The number of nitrogens with one attached hydrogen (secondary N) is 1. The highest BCUT2D eigenvalue weighted by Gasteiger charge is 2.28. The van der Waals surface area contributed by atoms with Crippen molar-refractivity contribution in [2.45, 2.75) is 25.3 Å². The number of aromatic nitrogens is 3. The third-order valence-electron chi connectivity index (χ3n) is 3.56. The zero-order valence-corrected chi connectivity index (χ0v) is 12.6. The molecule has 3 heterocycles. The molecule has 24 heavy (non-hydrogen) atoms. The van der Waals surface area contributed by atoms with E-state index in [2.05, 4.69) is 20.6 Å². The van der Waals surface area contributed by atoms with Crippen molar-refractivity contribution in [3.05, 3.63) is 47.9 Å². The van der Waals surface area contributed by atoms with Crippen LogP contribution in [-0.2, 0) is 11.3 Å². The van der Waals surface area contributed by atoms with Gasteiger partial charge in [0.1, 0.15) is 11.5 Å². The van der Waals surface area contributed by atoms with E-state index in [0.717, 1.165) is 18.6 Å². The summed E-state index contributed by atoms with van der Waals surface area (Å²) >= 11 is 0. The molecule has 122 valence electrons. The van der Waals surface area contributed by atoms with E-state index in [-0.39, 0.29) is 12.5 Å². The minimum absolute atomic E-state index is 0.127. The summed E-state index contributed by atoms with van der Waals surface area (Å²) < 4.78 is 15.5. The smallest absolute Gasteiger partial charge is 0.246 e. The lowest BCUT2D eigenvalue weighted by molar-refractivity contribution is -0.116. The monoisotopic (exact) mass is 326 g/mol. The van der Waals surface area contributed by atoms with E-state index in [9.17, 15) is 4.79 Å². The first-order valence-electron chi connectivity index (χ1n) is 7.57. The van der Waals surface area contributed by atoms with Gasteiger partial charge in [0.25, 0.3) is 0 Å². The van der Waals surface area contributed by atoms with E-state index in [4.69, 9.17) is 13.5 Å². The predicted octanol–water partition coefficient (Wildman–Crippen LogP) is 2.52. The molecule has 0 aromatic carbocycles. The number of furan rings is 1. The van der Waals surface area contributed by atoms with Gasteiger partial charge >= 0.3 is 0 Å². The minimum Gasteiger partial charge on any atom is -0.465 e. The molecule has 8 heteroatoms. The minimum atomic E-state index is -0.288. The Kier molecular flexibility index (Phi) is 3.70. The van der Waals surface area contributed by atoms with Crippen LogP contribution in [0.5, 0.6) is 0 Å². The van der Waals surface area contributed by atoms with Crippen molar-refractivity contribution in [2.24, 2.45) is 0 Å². The van der Waals surface area contributed by atoms with E-state index in [1.807, 2.05) is 6.07 Å². The lowest BCUT2D eigenvalue weighted by atomic mass is 10.3. The summed E-state index contributed by atoms with van der Waals surface area (Å²) in [7, 11) is 0. The van der Waals surface area contributed by atoms with Crippen LogP contribution in [0.15, 0.2) is 44.0 Å². The predicted molar refractivity (Wildman–Crippen MR) is 81.4 cm³/mol. The van der Waals surface area contributed by atoms with Gasteiger partial charge in [0.2, 0.25) is 17.6 Å². The second-order valence-corrected chi connectivity index (χ2v) is 5.47. The van der Waals surface area contributed by atoms with Gasteiger partial charge in [0.05, 0.1) is 12.8 Å². The van der Waals surface area contributed by atoms with Crippen molar-refractivity contribution in [3.63, 3.8) is 0 Å². The van der Waals surface area contributed by atoms with Gasteiger partial charge in [-0.25, -0.2) is 0 Å². The molecule has 1 aliphatic rings. The fourth-order valence-electron chi connectivity index (χ4n) is 2.15. The average molecular weight is 326 g/mol. The van der Waals surface area contributed by atoms with E-state index >= 15 is 0 Å². The Balaban J connectivity index is 1.33. The van der Waals surface area contributed by atoms with E-state index in [1.165, 1.54) is 12.3 Å².